The molecule has 1 unspecified atom stereocenters. The first kappa shape index (κ1) is 15.4. The fourth-order valence-corrected chi connectivity index (χ4v) is 4.42. The van der Waals surface area contributed by atoms with Crippen LogP contribution in [0.4, 0.5) is 0 Å². The van der Waals surface area contributed by atoms with Crippen LogP contribution in [0.25, 0.3) is 0 Å². The van der Waals surface area contributed by atoms with Gasteiger partial charge in [-0.1, -0.05) is 6.07 Å². The van der Waals surface area contributed by atoms with Crippen molar-refractivity contribution in [3.05, 3.63) is 17.5 Å². The maximum absolute atomic E-state index is 12.1. The zero-order valence-electron chi connectivity index (χ0n) is 11.3. The lowest BCUT2D eigenvalue weighted by Gasteiger charge is -2.17. The first-order valence-electron chi connectivity index (χ1n) is 6.53. The van der Waals surface area contributed by atoms with E-state index in [-0.39, 0.29) is 18.5 Å². The van der Waals surface area contributed by atoms with Crippen LogP contribution in [-0.2, 0) is 14.8 Å². The van der Waals surface area contributed by atoms with Crippen molar-refractivity contribution in [2.45, 2.75) is 23.1 Å². The van der Waals surface area contributed by atoms with Crippen LogP contribution in [0.2, 0.25) is 0 Å². The Morgan fingerprint density at radius 2 is 2.40 bits per heavy atom. The Morgan fingerprint density at radius 3 is 3.00 bits per heavy atom. The van der Waals surface area contributed by atoms with Crippen LogP contribution < -0.4 is 10.6 Å². The maximum Gasteiger partial charge on any atom is 0.252 e. The molecule has 2 heterocycles. The Hall–Kier alpha value is -0.960. The summed E-state index contributed by atoms with van der Waals surface area (Å²) in [4.78, 5) is 11.8. The van der Waals surface area contributed by atoms with Crippen molar-refractivity contribution in [1.29, 1.82) is 0 Å². The molecule has 1 saturated heterocycles. The minimum Gasteiger partial charge on any atom is -0.353 e. The normalized spacial score (nSPS) is 19.4. The molecule has 0 aliphatic carbocycles. The van der Waals surface area contributed by atoms with Crippen LogP contribution in [-0.4, -0.2) is 51.4 Å². The summed E-state index contributed by atoms with van der Waals surface area (Å²) in [6.45, 7) is 1.45. The molecule has 20 heavy (non-hydrogen) atoms. The standard InChI is InChI=1S/C12H19N3O3S2/c1-15(20(17,18)11-5-3-9-19-11)8-7-14-12(16)10-4-2-6-13-10/h3,5,9-10,13H,2,4,6-8H2,1H3,(H,14,16). The quantitative estimate of drug-likeness (QED) is 0.788. The highest BCUT2D eigenvalue weighted by atomic mass is 32.2. The number of hydrogen-bond acceptors (Lipinski definition) is 5. The van der Waals surface area contributed by atoms with E-state index >= 15 is 0 Å². The second-order valence-corrected chi connectivity index (χ2v) is 7.92. The molecule has 2 N–H and O–H groups in total. The highest BCUT2D eigenvalue weighted by Gasteiger charge is 2.23. The smallest absolute Gasteiger partial charge is 0.252 e. The molecule has 1 aromatic heterocycles. The predicted octanol–water partition coefficient (Wildman–Crippen LogP) is 0.237. The van der Waals surface area contributed by atoms with Gasteiger partial charge in [-0.3, -0.25) is 4.79 Å². The average molecular weight is 317 g/mol. The Balaban J connectivity index is 1.80. The second kappa shape index (κ2) is 6.66. The summed E-state index contributed by atoms with van der Waals surface area (Å²) in [6, 6.07) is 3.16. The van der Waals surface area contributed by atoms with E-state index in [2.05, 4.69) is 10.6 Å². The topological polar surface area (TPSA) is 78.5 Å². The van der Waals surface area contributed by atoms with Crippen LogP contribution in [0.1, 0.15) is 12.8 Å². The number of sulfonamides is 1. The minimum atomic E-state index is -3.43. The molecular formula is C12H19N3O3S2. The van der Waals surface area contributed by atoms with Crippen molar-refractivity contribution in [2.24, 2.45) is 0 Å². The molecule has 1 aliphatic rings. The van der Waals surface area contributed by atoms with Gasteiger partial charge in [0.05, 0.1) is 6.04 Å². The molecule has 0 bridgehead atoms. The molecule has 1 atom stereocenters. The van der Waals surface area contributed by atoms with Crippen LogP contribution in [0.3, 0.4) is 0 Å². The lowest BCUT2D eigenvalue weighted by molar-refractivity contribution is -0.122. The molecule has 0 saturated carbocycles. The summed E-state index contributed by atoms with van der Waals surface area (Å²) in [5, 5.41) is 7.60. The van der Waals surface area contributed by atoms with E-state index in [0.717, 1.165) is 19.4 Å². The molecule has 0 radical (unpaired) electrons. The Morgan fingerprint density at radius 1 is 1.60 bits per heavy atom. The largest absolute Gasteiger partial charge is 0.353 e. The van der Waals surface area contributed by atoms with Gasteiger partial charge in [0.2, 0.25) is 5.91 Å². The van der Waals surface area contributed by atoms with Crippen LogP contribution in [0.15, 0.2) is 21.7 Å². The van der Waals surface area contributed by atoms with Crippen LogP contribution in [0, 0.1) is 0 Å². The lowest BCUT2D eigenvalue weighted by atomic mass is 10.2. The van der Waals surface area contributed by atoms with E-state index in [1.165, 1.54) is 22.7 Å². The number of rotatable bonds is 6. The highest BCUT2D eigenvalue weighted by Crippen LogP contribution is 2.19. The summed E-state index contributed by atoms with van der Waals surface area (Å²) in [7, 11) is -1.90. The third-order valence-corrected chi connectivity index (χ3v) is 6.49. The molecule has 0 spiro atoms. The van der Waals surface area contributed by atoms with E-state index in [1.807, 2.05) is 0 Å². The molecule has 112 valence electrons. The number of likely N-dealkylation sites (N-methyl/N-ethyl adjacent to an activating group) is 1. The number of nitrogens with one attached hydrogen (secondary N) is 2. The van der Waals surface area contributed by atoms with Gasteiger partial charge in [-0.25, -0.2) is 8.42 Å². The Kier molecular flexibility index (Phi) is 5.14. The van der Waals surface area contributed by atoms with E-state index in [1.54, 1.807) is 17.5 Å². The van der Waals surface area contributed by atoms with Gasteiger partial charge in [0.15, 0.2) is 0 Å². The SMILES string of the molecule is CN(CCNC(=O)C1CCCN1)S(=O)(=O)c1cccs1. The van der Waals surface area contributed by atoms with Gasteiger partial charge in [-0.15, -0.1) is 11.3 Å². The first-order valence-corrected chi connectivity index (χ1v) is 8.85. The summed E-state index contributed by atoms with van der Waals surface area (Å²) in [5.74, 6) is -0.0515. The fourth-order valence-electron chi connectivity index (χ4n) is 2.05. The monoisotopic (exact) mass is 317 g/mol. The number of hydrogen-bond donors (Lipinski definition) is 2. The molecule has 6 nitrogen and oxygen atoms in total. The van der Waals surface area contributed by atoms with Gasteiger partial charge in [0.25, 0.3) is 10.0 Å². The predicted molar refractivity (Wildman–Crippen MR) is 78.2 cm³/mol. The summed E-state index contributed by atoms with van der Waals surface area (Å²) in [5.41, 5.74) is 0. The second-order valence-electron chi connectivity index (χ2n) is 4.70. The lowest BCUT2D eigenvalue weighted by Crippen LogP contribution is -2.43. The van der Waals surface area contributed by atoms with Crippen LogP contribution in [0.5, 0.6) is 0 Å². The summed E-state index contributed by atoms with van der Waals surface area (Å²) < 4.78 is 25.9. The molecule has 1 aromatic rings. The first-order chi connectivity index (χ1) is 9.51. The molecule has 1 amide bonds. The number of carbonyl (C=O) groups excluding carboxylic acids is 1. The van der Waals surface area contributed by atoms with Crippen molar-refractivity contribution in [2.75, 3.05) is 26.7 Å². The van der Waals surface area contributed by atoms with E-state index in [9.17, 15) is 13.2 Å². The molecule has 0 aromatic carbocycles. The minimum absolute atomic E-state index is 0.0515. The maximum atomic E-state index is 12.1. The van der Waals surface area contributed by atoms with Crippen molar-refractivity contribution in [3.63, 3.8) is 0 Å². The Bertz CT molecular complexity index is 536. The van der Waals surface area contributed by atoms with Gasteiger partial charge in [-0.2, -0.15) is 4.31 Å². The van der Waals surface area contributed by atoms with E-state index in [4.69, 9.17) is 0 Å². The summed E-state index contributed by atoms with van der Waals surface area (Å²) >= 11 is 1.19. The molecule has 1 fully saturated rings. The molecular weight excluding hydrogens is 298 g/mol. The van der Waals surface area contributed by atoms with Crippen molar-refractivity contribution >= 4 is 27.3 Å². The average Bonchev–Trinajstić information content (AvgIpc) is 3.11. The van der Waals surface area contributed by atoms with Crippen molar-refractivity contribution < 1.29 is 13.2 Å². The number of nitrogens with zero attached hydrogens (tertiary/aromatic N) is 1. The number of amides is 1. The van der Waals surface area contributed by atoms with Crippen molar-refractivity contribution in [1.82, 2.24) is 14.9 Å². The zero-order valence-corrected chi connectivity index (χ0v) is 13.0. The molecule has 1 aliphatic heterocycles. The summed E-state index contributed by atoms with van der Waals surface area (Å²) in [6.07, 6.45) is 1.85. The highest BCUT2D eigenvalue weighted by molar-refractivity contribution is 7.91. The zero-order chi connectivity index (χ0) is 14.6. The van der Waals surface area contributed by atoms with Crippen molar-refractivity contribution in [3.8, 4) is 0 Å². The third kappa shape index (κ3) is 3.57. The fraction of sp³-hybridized carbons (Fsp3) is 0.583. The number of thiophene rings is 1. The number of carbonyl (C=O) groups is 1. The van der Waals surface area contributed by atoms with E-state index < -0.39 is 10.0 Å². The van der Waals surface area contributed by atoms with Gasteiger partial charge in [-0.05, 0) is 30.8 Å². The van der Waals surface area contributed by atoms with Gasteiger partial charge < -0.3 is 10.6 Å². The van der Waals surface area contributed by atoms with Gasteiger partial charge in [0.1, 0.15) is 4.21 Å². The molecule has 8 heteroatoms. The third-order valence-electron chi connectivity index (χ3n) is 3.26. The van der Waals surface area contributed by atoms with Gasteiger partial charge in [0, 0.05) is 20.1 Å². The Labute approximate surface area is 123 Å². The van der Waals surface area contributed by atoms with Crippen LogP contribution >= 0.6 is 11.3 Å². The van der Waals surface area contributed by atoms with Gasteiger partial charge >= 0.3 is 0 Å². The molecule has 2 rings (SSSR count). The van der Waals surface area contributed by atoms with E-state index in [0.29, 0.717) is 10.8 Å².